The summed E-state index contributed by atoms with van der Waals surface area (Å²) in [6.45, 7) is 6.47. The number of carbonyl (C=O) groups is 2. The summed E-state index contributed by atoms with van der Waals surface area (Å²) in [4.78, 5) is 34.8. The molecule has 0 aromatic heterocycles. The van der Waals surface area contributed by atoms with Crippen LogP contribution >= 0.6 is 11.6 Å². The zero-order chi connectivity index (χ0) is 26.4. The van der Waals surface area contributed by atoms with Gasteiger partial charge in [-0.15, -0.1) is 0 Å². The number of carbonyl (C=O) groups excluding carboxylic acids is 2. The first-order valence-electron chi connectivity index (χ1n) is 12.7. The van der Waals surface area contributed by atoms with Crippen LogP contribution in [0.3, 0.4) is 0 Å². The molecular formula is C30H33ClN4O2. The Bertz CT molecular complexity index is 1270. The van der Waals surface area contributed by atoms with Gasteiger partial charge in [-0.25, -0.2) is 0 Å². The van der Waals surface area contributed by atoms with Crippen molar-refractivity contribution in [2.45, 2.75) is 32.6 Å². The van der Waals surface area contributed by atoms with E-state index in [1.807, 2.05) is 60.7 Å². The molecule has 3 aromatic carbocycles. The fourth-order valence-corrected chi connectivity index (χ4v) is 4.82. The number of fused-ring (bicyclic) bond motifs is 1. The molecule has 1 unspecified atom stereocenters. The van der Waals surface area contributed by atoms with E-state index in [-0.39, 0.29) is 11.8 Å². The van der Waals surface area contributed by atoms with Gasteiger partial charge in [-0.3, -0.25) is 19.5 Å². The third-order valence-corrected chi connectivity index (χ3v) is 6.72. The molecule has 192 valence electrons. The van der Waals surface area contributed by atoms with Crippen molar-refractivity contribution in [3.8, 4) is 0 Å². The molecule has 6 nitrogen and oxygen atoms in total. The average Bonchev–Trinajstić information content (AvgIpc) is 3.22. The van der Waals surface area contributed by atoms with Crippen molar-refractivity contribution in [2.75, 3.05) is 36.9 Å². The van der Waals surface area contributed by atoms with Gasteiger partial charge >= 0.3 is 0 Å². The number of aliphatic imine (C=N–C) groups is 1. The summed E-state index contributed by atoms with van der Waals surface area (Å²) < 4.78 is 0. The normalized spacial score (nSPS) is 15.0. The smallest absolute Gasteiger partial charge is 0.240 e. The van der Waals surface area contributed by atoms with E-state index in [1.54, 1.807) is 24.1 Å². The first kappa shape index (κ1) is 26.6. The number of hydrogen-bond donors (Lipinski definition) is 1. The van der Waals surface area contributed by atoms with Gasteiger partial charge in [-0.1, -0.05) is 61.8 Å². The number of halogens is 1. The number of amides is 2. The van der Waals surface area contributed by atoms with Crippen molar-refractivity contribution in [1.29, 1.82) is 0 Å². The highest BCUT2D eigenvalue weighted by Gasteiger charge is 2.35. The van der Waals surface area contributed by atoms with E-state index >= 15 is 0 Å². The topological polar surface area (TPSA) is 65.0 Å². The fourth-order valence-electron chi connectivity index (χ4n) is 4.64. The Hall–Kier alpha value is -3.48. The van der Waals surface area contributed by atoms with Gasteiger partial charge < -0.3 is 10.2 Å². The van der Waals surface area contributed by atoms with Gasteiger partial charge in [0.1, 0.15) is 5.92 Å². The molecule has 37 heavy (non-hydrogen) atoms. The molecule has 0 saturated heterocycles. The van der Waals surface area contributed by atoms with Gasteiger partial charge in [0.15, 0.2) is 0 Å². The van der Waals surface area contributed by atoms with Crippen molar-refractivity contribution in [2.24, 2.45) is 4.99 Å². The first-order chi connectivity index (χ1) is 17.9. The predicted octanol–water partition coefficient (Wildman–Crippen LogP) is 6.28. The van der Waals surface area contributed by atoms with E-state index in [0.29, 0.717) is 28.7 Å². The monoisotopic (exact) mass is 516 g/mol. The lowest BCUT2D eigenvalue weighted by Gasteiger charge is -2.24. The Kier molecular flexibility index (Phi) is 8.74. The minimum atomic E-state index is -0.554. The van der Waals surface area contributed by atoms with Crippen LogP contribution in [-0.2, 0) is 9.59 Å². The second-order valence-corrected chi connectivity index (χ2v) is 9.70. The number of hydrogen-bond acceptors (Lipinski definition) is 4. The highest BCUT2D eigenvalue weighted by Crippen LogP contribution is 2.37. The highest BCUT2D eigenvalue weighted by molar-refractivity contribution is 6.31. The van der Waals surface area contributed by atoms with Crippen LogP contribution in [0.5, 0.6) is 0 Å². The maximum atomic E-state index is 13.1. The van der Waals surface area contributed by atoms with Crippen molar-refractivity contribution in [3.63, 3.8) is 0 Å². The van der Waals surface area contributed by atoms with Crippen LogP contribution in [0.4, 0.5) is 17.1 Å². The number of anilines is 2. The molecule has 1 N–H and O–H groups in total. The SMILES string of the molecule is CCCN(CCC)CC(=O)N(C)c1ccc(N=C(c2ccccc2)C2C(=O)Nc3cc(Cl)ccc32)cc1. The Labute approximate surface area is 224 Å². The molecule has 0 radical (unpaired) electrons. The third-order valence-electron chi connectivity index (χ3n) is 6.49. The lowest BCUT2D eigenvalue weighted by Crippen LogP contribution is -2.39. The Morgan fingerprint density at radius 3 is 2.30 bits per heavy atom. The molecule has 1 heterocycles. The van der Waals surface area contributed by atoms with Gasteiger partial charge in [-0.05, 0) is 73.5 Å². The molecule has 2 amide bonds. The van der Waals surface area contributed by atoms with Crippen molar-refractivity contribution in [1.82, 2.24) is 4.90 Å². The van der Waals surface area contributed by atoms with E-state index in [0.717, 1.165) is 42.7 Å². The summed E-state index contributed by atoms with van der Waals surface area (Å²) in [6.07, 6.45) is 2.04. The average molecular weight is 517 g/mol. The largest absolute Gasteiger partial charge is 0.325 e. The van der Waals surface area contributed by atoms with Gasteiger partial charge in [0.25, 0.3) is 0 Å². The molecule has 3 aromatic rings. The molecule has 0 saturated carbocycles. The molecule has 1 aliphatic rings. The standard InChI is InChI=1S/C30H33ClN4O2/c1-4-17-35(18-5-2)20-27(36)34(3)24-14-12-23(13-15-24)32-29(21-9-7-6-8-10-21)28-25-16-11-22(31)19-26(25)33-30(28)37/h6-16,19,28H,4-5,17-18,20H2,1-3H3,(H,33,37). The fraction of sp³-hybridized carbons (Fsp3) is 0.300. The minimum Gasteiger partial charge on any atom is -0.325 e. The van der Waals surface area contributed by atoms with E-state index < -0.39 is 5.92 Å². The quantitative estimate of drug-likeness (QED) is 0.322. The van der Waals surface area contributed by atoms with Crippen LogP contribution in [0.1, 0.15) is 43.7 Å². The Morgan fingerprint density at radius 2 is 1.65 bits per heavy atom. The van der Waals surface area contributed by atoms with Crippen LogP contribution in [0, 0.1) is 0 Å². The molecule has 0 fully saturated rings. The van der Waals surface area contributed by atoms with Crippen molar-refractivity contribution in [3.05, 3.63) is 88.9 Å². The first-order valence-corrected chi connectivity index (χ1v) is 13.1. The lowest BCUT2D eigenvalue weighted by molar-refractivity contribution is -0.119. The Balaban J connectivity index is 1.61. The lowest BCUT2D eigenvalue weighted by atomic mass is 9.90. The molecule has 0 aliphatic carbocycles. The number of nitrogens with zero attached hydrogens (tertiary/aromatic N) is 3. The summed E-state index contributed by atoms with van der Waals surface area (Å²) in [5.41, 5.74) is 4.60. The van der Waals surface area contributed by atoms with Gasteiger partial charge in [0.2, 0.25) is 11.8 Å². The summed E-state index contributed by atoms with van der Waals surface area (Å²) >= 11 is 6.15. The zero-order valence-electron chi connectivity index (χ0n) is 21.6. The molecule has 1 aliphatic heterocycles. The summed E-state index contributed by atoms with van der Waals surface area (Å²) in [7, 11) is 1.80. The van der Waals surface area contributed by atoms with Gasteiger partial charge in [0, 0.05) is 23.4 Å². The van der Waals surface area contributed by atoms with Crippen LogP contribution in [-0.4, -0.2) is 49.1 Å². The van der Waals surface area contributed by atoms with E-state index in [1.165, 1.54) is 0 Å². The Morgan fingerprint density at radius 1 is 0.973 bits per heavy atom. The predicted molar refractivity (Wildman–Crippen MR) is 152 cm³/mol. The molecule has 0 bridgehead atoms. The molecule has 0 spiro atoms. The van der Waals surface area contributed by atoms with Crippen LogP contribution < -0.4 is 10.2 Å². The van der Waals surface area contributed by atoms with E-state index in [2.05, 4.69) is 24.1 Å². The highest BCUT2D eigenvalue weighted by atomic mass is 35.5. The minimum absolute atomic E-state index is 0.0565. The van der Waals surface area contributed by atoms with Crippen molar-refractivity contribution >= 4 is 46.2 Å². The summed E-state index contributed by atoms with van der Waals surface area (Å²) in [5, 5.41) is 3.51. The molecular weight excluding hydrogens is 484 g/mol. The summed E-state index contributed by atoms with van der Waals surface area (Å²) in [6, 6.07) is 22.7. The molecule has 1 atom stereocenters. The number of nitrogens with one attached hydrogen (secondary N) is 1. The van der Waals surface area contributed by atoms with Gasteiger partial charge in [-0.2, -0.15) is 0 Å². The summed E-state index contributed by atoms with van der Waals surface area (Å²) in [5.74, 6) is -0.631. The van der Waals surface area contributed by atoms with E-state index in [9.17, 15) is 9.59 Å². The van der Waals surface area contributed by atoms with E-state index in [4.69, 9.17) is 16.6 Å². The number of benzene rings is 3. The number of likely N-dealkylation sites (N-methyl/N-ethyl adjacent to an activating group) is 1. The third kappa shape index (κ3) is 6.27. The van der Waals surface area contributed by atoms with Crippen LogP contribution in [0.25, 0.3) is 0 Å². The van der Waals surface area contributed by atoms with Crippen molar-refractivity contribution < 1.29 is 9.59 Å². The maximum Gasteiger partial charge on any atom is 0.240 e. The number of rotatable bonds is 10. The molecule has 7 heteroatoms. The molecule has 4 rings (SSSR count). The second kappa shape index (κ2) is 12.2. The zero-order valence-corrected chi connectivity index (χ0v) is 22.3. The maximum absolute atomic E-state index is 13.1. The second-order valence-electron chi connectivity index (χ2n) is 9.26. The van der Waals surface area contributed by atoms with Gasteiger partial charge in [0.05, 0.1) is 17.9 Å². The van der Waals surface area contributed by atoms with Crippen LogP contribution in [0.2, 0.25) is 5.02 Å². The van der Waals surface area contributed by atoms with Crippen LogP contribution in [0.15, 0.2) is 77.8 Å².